The van der Waals surface area contributed by atoms with Crippen LogP contribution in [-0.4, -0.2) is 23.0 Å². The minimum absolute atomic E-state index is 0.164. The van der Waals surface area contributed by atoms with Gasteiger partial charge in [-0.25, -0.2) is 0 Å². The smallest absolute Gasteiger partial charge is 0.198 e. The average Bonchev–Trinajstić information content (AvgIpc) is 2.74. The second-order valence-electron chi connectivity index (χ2n) is 5.33. The number of carbonyl (C=O) groups excluding carboxylic acids is 2. The SMILES string of the molecule is CCCN1C=CC(=C2C(=O)c3ccccc3C2=O)C=C1C. The van der Waals surface area contributed by atoms with Crippen molar-refractivity contribution in [2.75, 3.05) is 6.54 Å². The van der Waals surface area contributed by atoms with E-state index in [1.807, 2.05) is 25.3 Å². The van der Waals surface area contributed by atoms with Gasteiger partial charge < -0.3 is 4.90 Å². The van der Waals surface area contributed by atoms with Crippen LogP contribution in [0.4, 0.5) is 0 Å². The van der Waals surface area contributed by atoms with Crippen LogP contribution in [0.25, 0.3) is 0 Å². The van der Waals surface area contributed by atoms with E-state index in [9.17, 15) is 9.59 Å². The van der Waals surface area contributed by atoms with E-state index in [-0.39, 0.29) is 11.6 Å². The molecule has 0 N–H and O–H groups in total. The molecule has 106 valence electrons. The summed E-state index contributed by atoms with van der Waals surface area (Å²) in [6.45, 7) is 5.05. The molecule has 21 heavy (non-hydrogen) atoms. The minimum atomic E-state index is -0.164. The average molecular weight is 279 g/mol. The van der Waals surface area contributed by atoms with Crippen molar-refractivity contribution in [3.63, 3.8) is 0 Å². The van der Waals surface area contributed by atoms with Gasteiger partial charge in [-0.1, -0.05) is 31.2 Å². The fourth-order valence-electron chi connectivity index (χ4n) is 2.80. The zero-order valence-electron chi connectivity index (χ0n) is 12.2. The summed E-state index contributed by atoms with van der Waals surface area (Å²) in [7, 11) is 0. The van der Waals surface area contributed by atoms with Gasteiger partial charge in [0.2, 0.25) is 0 Å². The Morgan fingerprint density at radius 3 is 2.19 bits per heavy atom. The number of allylic oxidation sites excluding steroid dienone is 5. The van der Waals surface area contributed by atoms with Gasteiger partial charge in [-0.15, -0.1) is 0 Å². The summed E-state index contributed by atoms with van der Waals surface area (Å²) in [6.07, 6.45) is 6.78. The number of rotatable bonds is 2. The van der Waals surface area contributed by atoms with E-state index in [1.54, 1.807) is 24.3 Å². The Labute approximate surface area is 124 Å². The predicted octanol–water partition coefficient (Wildman–Crippen LogP) is 3.51. The lowest BCUT2D eigenvalue weighted by molar-refractivity contribution is 0.0988. The highest BCUT2D eigenvalue weighted by Gasteiger charge is 2.34. The zero-order valence-corrected chi connectivity index (χ0v) is 12.2. The van der Waals surface area contributed by atoms with Gasteiger partial charge >= 0.3 is 0 Å². The lowest BCUT2D eigenvalue weighted by atomic mass is 10.0. The number of hydrogen-bond donors (Lipinski definition) is 0. The summed E-state index contributed by atoms with van der Waals surface area (Å²) in [6, 6.07) is 7.02. The van der Waals surface area contributed by atoms with E-state index >= 15 is 0 Å². The molecule has 1 heterocycles. The van der Waals surface area contributed by atoms with Gasteiger partial charge in [0.05, 0.1) is 5.57 Å². The summed E-state index contributed by atoms with van der Waals surface area (Å²) in [5.74, 6) is -0.327. The number of fused-ring (bicyclic) bond motifs is 1. The molecule has 0 amide bonds. The van der Waals surface area contributed by atoms with Gasteiger partial charge in [-0.3, -0.25) is 9.59 Å². The monoisotopic (exact) mass is 279 g/mol. The van der Waals surface area contributed by atoms with E-state index in [0.717, 1.165) is 18.7 Å². The van der Waals surface area contributed by atoms with Crippen LogP contribution < -0.4 is 0 Å². The molecule has 1 aromatic rings. The van der Waals surface area contributed by atoms with Crippen molar-refractivity contribution in [1.29, 1.82) is 0 Å². The summed E-state index contributed by atoms with van der Waals surface area (Å²) < 4.78 is 0. The molecule has 1 aromatic carbocycles. The molecule has 0 radical (unpaired) electrons. The van der Waals surface area contributed by atoms with Crippen LogP contribution in [0.15, 0.2) is 59.5 Å². The molecule has 0 saturated carbocycles. The third-order valence-electron chi connectivity index (χ3n) is 3.88. The van der Waals surface area contributed by atoms with E-state index in [2.05, 4.69) is 11.8 Å². The Hall–Kier alpha value is -2.42. The van der Waals surface area contributed by atoms with Gasteiger partial charge in [-0.2, -0.15) is 0 Å². The molecule has 0 aromatic heterocycles. The normalized spacial score (nSPS) is 17.4. The summed E-state index contributed by atoms with van der Waals surface area (Å²) >= 11 is 0. The maximum atomic E-state index is 12.5. The van der Waals surface area contributed by atoms with Crippen molar-refractivity contribution < 1.29 is 9.59 Å². The van der Waals surface area contributed by atoms with Crippen molar-refractivity contribution in [3.05, 3.63) is 70.6 Å². The Morgan fingerprint density at radius 2 is 1.67 bits per heavy atom. The van der Waals surface area contributed by atoms with Crippen LogP contribution in [0.5, 0.6) is 0 Å². The number of benzene rings is 1. The first kappa shape index (κ1) is 13.6. The van der Waals surface area contributed by atoms with Crippen LogP contribution in [0.2, 0.25) is 0 Å². The largest absolute Gasteiger partial charge is 0.352 e. The first-order valence-corrected chi connectivity index (χ1v) is 7.19. The number of nitrogens with zero attached hydrogens (tertiary/aromatic N) is 1. The lowest BCUT2D eigenvalue weighted by Gasteiger charge is -2.24. The van der Waals surface area contributed by atoms with Gasteiger partial charge in [0.1, 0.15) is 0 Å². The predicted molar refractivity (Wildman–Crippen MR) is 82.0 cm³/mol. The number of ketones is 2. The van der Waals surface area contributed by atoms with Crippen molar-refractivity contribution >= 4 is 11.6 Å². The molecule has 1 aliphatic carbocycles. The van der Waals surface area contributed by atoms with Gasteiger partial charge in [0.25, 0.3) is 0 Å². The highest BCUT2D eigenvalue weighted by atomic mass is 16.2. The van der Waals surface area contributed by atoms with Crippen LogP contribution >= 0.6 is 0 Å². The number of hydrogen-bond acceptors (Lipinski definition) is 3. The lowest BCUT2D eigenvalue weighted by Crippen LogP contribution is -2.19. The summed E-state index contributed by atoms with van der Waals surface area (Å²) in [4.78, 5) is 27.1. The van der Waals surface area contributed by atoms with Crippen LogP contribution in [0.1, 0.15) is 41.0 Å². The zero-order chi connectivity index (χ0) is 15.0. The molecule has 0 atom stereocenters. The third-order valence-corrected chi connectivity index (χ3v) is 3.88. The Morgan fingerprint density at radius 1 is 1.05 bits per heavy atom. The molecule has 0 spiro atoms. The van der Waals surface area contributed by atoms with Crippen LogP contribution in [0.3, 0.4) is 0 Å². The van der Waals surface area contributed by atoms with Crippen molar-refractivity contribution in [3.8, 4) is 0 Å². The van der Waals surface area contributed by atoms with Gasteiger partial charge in [0.15, 0.2) is 11.6 Å². The molecule has 0 bridgehead atoms. The minimum Gasteiger partial charge on any atom is -0.352 e. The molecule has 1 aliphatic heterocycles. The molecule has 0 saturated heterocycles. The van der Waals surface area contributed by atoms with E-state index < -0.39 is 0 Å². The second-order valence-corrected chi connectivity index (χ2v) is 5.33. The molecule has 3 heteroatoms. The molecule has 0 unspecified atom stereocenters. The number of carbonyl (C=O) groups is 2. The first-order chi connectivity index (χ1) is 10.1. The van der Waals surface area contributed by atoms with E-state index in [0.29, 0.717) is 22.3 Å². The summed E-state index contributed by atoms with van der Waals surface area (Å²) in [5.41, 5.74) is 3.09. The highest BCUT2D eigenvalue weighted by molar-refractivity contribution is 6.40. The van der Waals surface area contributed by atoms with Crippen LogP contribution in [-0.2, 0) is 0 Å². The van der Waals surface area contributed by atoms with E-state index in [4.69, 9.17) is 0 Å². The Bertz CT molecular complexity index is 685. The highest BCUT2D eigenvalue weighted by Crippen LogP contribution is 2.31. The summed E-state index contributed by atoms with van der Waals surface area (Å²) in [5, 5.41) is 0. The fraction of sp³-hybridized carbons (Fsp3) is 0.222. The molecule has 3 nitrogen and oxygen atoms in total. The second kappa shape index (κ2) is 5.17. The Kier molecular flexibility index (Phi) is 3.34. The topological polar surface area (TPSA) is 37.4 Å². The molecule has 3 rings (SSSR count). The molecule has 2 aliphatic rings. The van der Waals surface area contributed by atoms with Gasteiger partial charge in [-0.05, 0) is 31.1 Å². The standard InChI is InChI=1S/C18H17NO2/c1-3-9-19-10-8-13(11-12(19)2)16-17(20)14-6-4-5-7-15(14)18(16)21/h4-8,10-11H,3,9H2,1-2H3. The van der Waals surface area contributed by atoms with Crippen molar-refractivity contribution in [2.45, 2.75) is 20.3 Å². The third kappa shape index (κ3) is 2.15. The van der Waals surface area contributed by atoms with Crippen LogP contribution in [0, 0.1) is 0 Å². The quantitative estimate of drug-likeness (QED) is 0.614. The first-order valence-electron chi connectivity index (χ1n) is 7.19. The maximum Gasteiger partial charge on any atom is 0.198 e. The molecule has 0 fully saturated rings. The van der Waals surface area contributed by atoms with Crippen molar-refractivity contribution in [1.82, 2.24) is 4.90 Å². The van der Waals surface area contributed by atoms with E-state index in [1.165, 1.54) is 0 Å². The Balaban J connectivity index is 2.05. The fourth-order valence-corrected chi connectivity index (χ4v) is 2.80. The van der Waals surface area contributed by atoms with Gasteiger partial charge in [0, 0.05) is 29.6 Å². The number of Topliss-reactive ketones (excluding diaryl/α,β-unsaturated/α-hetero) is 2. The molecular formula is C18H17NO2. The molecular weight excluding hydrogens is 262 g/mol. The van der Waals surface area contributed by atoms with Crippen molar-refractivity contribution in [2.24, 2.45) is 0 Å². The maximum absolute atomic E-state index is 12.5.